The molecule has 17 heavy (non-hydrogen) atoms. The Labute approximate surface area is 108 Å². The quantitative estimate of drug-likeness (QED) is 0.746. The van der Waals surface area contributed by atoms with Gasteiger partial charge in [0, 0.05) is 19.1 Å². The van der Waals surface area contributed by atoms with Gasteiger partial charge in [0.25, 0.3) is 0 Å². The molecule has 0 radical (unpaired) electrons. The predicted molar refractivity (Wildman–Crippen MR) is 74.3 cm³/mol. The minimum absolute atomic E-state index is 0.00489. The van der Waals surface area contributed by atoms with Crippen molar-refractivity contribution in [1.82, 2.24) is 4.90 Å². The first-order valence-corrected chi connectivity index (χ1v) is 7.16. The molecule has 0 bridgehead atoms. The van der Waals surface area contributed by atoms with Crippen LogP contribution in [0.25, 0.3) is 0 Å². The molecule has 0 aromatic carbocycles. The molecule has 0 spiro atoms. The molecule has 0 saturated carbocycles. The van der Waals surface area contributed by atoms with Gasteiger partial charge in [-0.3, -0.25) is 0 Å². The molecular weight excluding hydrogens is 210 g/mol. The van der Waals surface area contributed by atoms with Crippen molar-refractivity contribution < 1.29 is 4.74 Å². The Hall–Kier alpha value is -0.0800. The average molecular weight is 241 g/mol. The van der Waals surface area contributed by atoms with Crippen molar-refractivity contribution in [3.8, 4) is 0 Å². The summed E-state index contributed by atoms with van der Waals surface area (Å²) in [5, 5.41) is 0. The lowest BCUT2D eigenvalue weighted by molar-refractivity contribution is -0.0288. The van der Waals surface area contributed by atoms with E-state index in [4.69, 9.17) is 4.74 Å². The molecule has 0 aromatic heterocycles. The zero-order chi connectivity index (χ0) is 13.1. The van der Waals surface area contributed by atoms with E-state index in [1.54, 1.807) is 0 Å². The second kappa shape index (κ2) is 6.19. The van der Waals surface area contributed by atoms with E-state index < -0.39 is 0 Å². The first-order chi connectivity index (χ1) is 7.78. The molecular formula is C15H31NO. The summed E-state index contributed by atoms with van der Waals surface area (Å²) in [6.45, 7) is 16.8. The Morgan fingerprint density at radius 3 is 2.47 bits per heavy atom. The summed E-state index contributed by atoms with van der Waals surface area (Å²) in [7, 11) is 0. The largest absolute Gasteiger partial charge is 0.376 e. The standard InChI is InChI=1S/C15H31NO/c1-12-7-8-14(3)16(9-12)10-13(2)11-17-15(4,5)6/h12-14H,7-11H2,1-6H3/t12-,13-,14-/m1/s1. The monoisotopic (exact) mass is 241 g/mol. The van der Waals surface area contributed by atoms with Gasteiger partial charge in [-0.2, -0.15) is 0 Å². The normalized spacial score (nSPS) is 29.3. The van der Waals surface area contributed by atoms with Crippen LogP contribution < -0.4 is 0 Å². The van der Waals surface area contributed by atoms with Gasteiger partial charge < -0.3 is 9.64 Å². The molecule has 1 heterocycles. The molecule has 0 aliphatic carbocycles. The molecule has 0 aromatic rings. The summed E-state index contributed by atoms with van der Waals surface area (Å²) in [5.41, 5.74) is -0.00489. The van der Waals surface area contributed by atoms with Crippen LogP contribution in [0.3, 0.4) is 0 Å². The Kier molecular flexibility index (Phi) is 5.46. The second-order valence-corrected chi connectivity index (χ2v) is 7.01. The summed E-state index contributed by atoms with van der Waals surface area (Å²) >= 11 is 0. The molecule has 1 aliphatic heterocycles. The third-order valence-electron chi connectivity index (χ3n) is 3.59. The topological polar surface area (TPSA) is 12.5 Å². The summed E-state index contributed by atoms with van der Waals surface area (Å²) in [4.78, 5) is 2.64. The molecule has 1 aliphatic rings. The van der Waals surface area contributed by atoms with Crippen LogP contribution in [0, 0.1) is 11.8 Å². The molecule has 0 amide bonds. The predicted octanol–water partition coefficient (Wildman–Crippen LogP) is 3.56. The van der Waals surface area contributed by atoms with E-state index in [2.05, 4.69) is 46.4 Å². The highest BCUT2D eigenvalue weighted by Crippen LogP contribution is 2.22. The third-order valence-corrected chi connectivity index (χ3v) is 3.59. The number of nitrogens with zero attached hydrogens (tertiary/aromatic N) is 1. The zero-order valence-electron chi connectivity index (χ0n) is 12.6. The summed E-state index contributed by atoms with van der Waals surface area (Å²) in [6.07, 6.45) is 2.75. The van der Waals surface area contributed by atoms with Crippen LogP contribution in [0.5, 0.6) is 0 Å². The number of piperidine rings is 1. The SMILES string of the molecule is C[C@@H]1CC[C@@H](C)N(C[C@@H](C)COC(C)(C)C)C1. The maximum absolute atomic E-state index is 5.87. The van der Waals surface area contributed by atoms with Crippen molar-refractivity contribution >= 4 is 0 Å². The van der Waals surface area contributed by atoms with Crippen molar-refractivity contribution in [2.45, 2.75) is 66.0 Å². The lowest BCUT2D eigenvalue weighted by Crippen LogP contribution is -2.44. The van der Waals surface area contributed by atoms with Gasteiger partial charge in [0.05, 0.1) is 12.2 Å². The van der Waals surface area contributed by atoms with Crippen molar-refractivity contribution in [3.63, 3.8) is 0 Å². The summed E-state index contributed by atoms with van der Waals surface area (Å²) in [6, 6.07) is 0.753. The van der Waals surface area contributed by atoms with Crippen LogP contribution >= 0.6 is 0 Å². The van der Waals surface area contributed by atoms with E-state index in [0.717, 1.165) is 18.6 Å². The molecule has 102 valence electrons. The van der Waals surface area contributed by atoms with Crippen LogP contribution in [-0.2, 0) is 4.74 Å². The summed E-state index contributed by atoms with van der Waals surface area (Å²) < 4.78 is 5.87. The molecule has 1 fully saturated rings. The molecule has 3 atom stereocenters. The summed E-state index contributed by atoms with van der Waals surface area (Å²) in [5.74, 6) is 1.49. The fourth-order valence-corrected chi connectivity index (χ4v) is 2.48. The lowest BCUT2D eigenvalue weighted by Gasteiger charge is -2.38. The molecule has 1 rings (SSSR count). The maximum Gasteiger partial charge on any atom is 0.0598 e. The number of hydrogen-bond acceptors (Lipinski definition) is 2. The number of hydrogen-bond donors (Lipinski definition) is 0. The van der Waals surface area contributed by atoms with Gasteiger partial charge in [0.2, 0.25) is 0 Å². The van der Waals surface area contributed by atoms with Gasteiger partial charge in [0.1, 0.15) is 0 Å². The van der Waals surface area contributed by atoms with Crippen molar-refractivity contribution in [2.24, 2.45) is 11.8 Å². The lowest BCUT2D eigenvalue weighted by atomic mass is 9.94. The van der Waals surface area contributed by atoms with E-state index in [-0.39, 0.29) is 5.60 Å². The Morgan fingerprint density at radius 1 is 1.24 bits per heavy atom. The van der Waals surface area contributed by atoms with Gasteiger partial charge >= 0.3 is 0 Å². The van der Waals surface area contributed by atoms with Gasteiger partial charge in [-0.15, -0.1) is 0 Å². The van der Waals surface area contributed by atoms with Crippen molar-refractivity contribution in [3.05, 3.63) is 0 Å². The van der Waals surface area contributed by atoms with Gasteiger partial charge in [-0.05, 0) is 52.4 Å². The van der Waals surface area contributed by atoms with Gasteiger partial charge in [-0.1, -0.05) is 13.8 Å². The molecule has 0 N–H and O–H groups in total. The number of likely N-dealkylation sites (tertiary alicyclic amines) is 1. The highest BCUT2D eigenvalue weighted by molar-refractivity contribution is 4.78. The van der Waals surface area contributed by atoms with E-state index >= 15 is 0 Å². The van der Waals surface area contributed by atoms with Crippen LogP contribution in [-0.4, -0.2) is 36.2 Å². The van der Waals surface area contributed by atoms with E-state index in [9.17, 15) is 0 Å². The fraction of sp³-hybridized carbons (Fsp3) is 1.00. The maximum atomic E-state index is 5.87. The Morgan fingerprint density at radius 2 is 1.88 bits per heavy atom. The Balaban J connectivity index is 2.31. The minimum atomic E-state index is -0.00489. The fourth-order valence-electron chi connectivity index (χ4n) is 2.48. The highest BCUT2D eigenvalue weighted by atomic mass is 16.5. The highest BCUT2D eigenvalue weighted by Gasteiger charge is 2.24. The Bertz CT molecular complexity index is 221. The van der Waals surface area contributed by atoms with Crippen molar-refractivity contribution in [1.29, 1.82) is 0 Å². The van der Waals surface area contributed by atoms with E-state index in [1.165, 1.54) is 25.9 Å². The van der Waals surface area contributed by atoms with Gasteiger partial charge in [-0.25, -0.2) is 0 Å². The van der Waals surface area contributed by atoms with Crippen LogP contribution in [0.1, 0.15) is 54.4 Å². The molecule has 2 heteroatoms. The average Bonchev–Trinajstić information content (AvgIpc) is 2.20. The first kappa shape index (κ1) is 15.0. The smallest absolute Gasteiger partial charge is 0.0598 e. The van der Waals surface area contributed by atoms with E-state index in [1.807, 2.05) is 0 Å². The second-order valence-electron chi connectivity index (χ2n) is 7.01. The molecule has 1 saturated heterocycles. The minimum Gasteiger partial charge on any atom is -0.376 e. The first-order valence-electron chi connectivity index (χ1n) is 7.16. The van der Waals surface area contributed by atoms with E-state index in [0.29, 0.717) is 5.92 Å². The molecule has 2 nitrogen and oxygen atoms in total. The number of ether oxygens (including phenoxy) is 1. The van der Waals surface area contributed by atoms with Crippen LogP contribution in [0.2, 0.25) is 0 Å². The van der Waals surface area contributed by atoms with Crippen LogP contribution in [0.15, 0.2) is 0 Å². The zero-order valence-corrected chi connectivity index (χ0v) is 12.6. The molecule has 0 unspecified atom stereocenters. The van der Waals surface area contributed by atoms with Crippen LogP contribution in [0.4, 0.5) is 0 Å². The number of rotatable bonds is 4. The third kappa shape index (κ3) is 5.87. The van der Waals surface area contributed by atoms with Gasteiger partial charge in [0.15, 0.2) is 0 Å². The van der Waals surface area contributed by atoms with Crippen molar-refractivity contribution in [2.75, 3.05) is 19.7 Å².